The van der Waals surface area contributed by atoms with Crippen molar-refractivity contribution in [1.29, 1.82) is 0 Å². The summed E-state index contributed by atoms with van der Waals surface area (Å²) in [6.07, 6.45) is 6.45. The first-order valence-corrected chi connectivity index (χ1v) is 16.0. The first-order valence-electron chi connectivity index (χ1n) is 12.4. The minimum Gasteiger partial charge on any atom is -0.338 e. The minimum atomic E-state index is -0.280. The third kappa shape index (κ3) is 9.92. The fraction of sp³-hybridized carbons (Fsp3) is 0.0741. The number of nitrogens with zero attached hydrogens (tertiary/aromatic N) is 7. The minimum absolute atomic E-state index is 0.275. The lowest BCUT2D eigenvalue weighted by atomic mass is 10.0. The monoisotopic (exact) mass is 820 g/mol. The predicted molar refractivity (Wildman–Crippen MR) is 182 cm³/mol. The van der Waals surface area contributed by atoms with E-state index in [0.29, 0.717) is 21.3 Å². The van der Waals surface area contributed by atoms with Gasteiger partial charge >= 0.3 is 6.03 Å². The van der Waals surface area contributed by atoms with E-state index in [1.807, 2.05) is 43.3 Å². The van der Waals surface area contributed by atoms with Crippen LogP contribution in [0.25, 0.3) is 32.6 Å². The summed E-state index contributed by atoms with van der Waals surface area (Å²) in [5, 5.41) is 27.3. The van der Waals surface area contributed by atoms with Gasteiger partial charge in [0.1, 0.15) is 9.21 Å². The van der Waals surface area contributed by atoms with Crippen molar-refractivity contribution in [3.8, 4) is 22.4 Å². The maximum absolute atomic E-state index is 11.9. The predicted octanol–water partition coefficient (Wildman–Crippen LogP) is 7.14. The number of urea groups is 1. The van der Waals surface area contributed by atoms with Crippen LogP contribution in [-0.2, 0) is 0 Å². The van der Waals surface area contributed by atoms with Crippen LogP contribution in [0, 0.1) is 0 Å². The third-order valence-corrected chi connectivity index (χ3v) is 7.60. The number of nitrogens with one attached hydrogen (secondary N) is 3. The van der Waals surface area contributed by atoms with Crippen molar-refractivity contribution in [1.82, 2.24) is 45.9 Å². The van der Waals surface area contributed by atoms with E-state index >= 15 is 0 Å². The van der Waals surface area contributed by atoms with Crippen LogP contribution < -0.4 is 16.2 Å². The molecule has 44 heavy (non-hydrogen) atoms. The molecule has 0 saturated heterocycles. The van der Waals surface area contributed by atoms with Crippen molar-refractivity contribution in [3.05, 3.63) is 102 Å². The van der Waals surface area contributed by atoms with Crippen LogP contribution in [0.2, 0.25) is 5.02 Å². The standard InChI is InChI=1S/C19H15BrN6OS.C4H2Br2N2.C4H3ClN2O/c1-2-21-18(27)25-19-24-15-8-11(12-9-16(20)26-23-10-12)7-13(17(15)28-19)14-5-3-4-6-22-14;5-3-1-4(6)8-7-2-3;5-3-1-4(8)7-6-2-3/h3-10H,2H2,1H3,(H2,21,24,25,27);1-2H;1-2H,(H,7,8). The van der Waals surface area contributed by atoms with Gasteiger partial charge in [0.15, 0.2) is 5.13 Å². The Bertz CT molecular complexity index is 1910. The summed E-state index contributed by atoms with van der Waals surface area (Å²) in [7, 11) is 0. The highest BCUT2D eigenvalue weighted by molar-refractivity contribution is 9.11. The number of benzene rings is 1. The number of hydrogen-bond acceptors (Lipinski definition) is 10. The maximum Gasteiger partial charge on any atom is 0.321 e. The Kier molecular flexibility index (Phi) is 12.4. The topological polar surface area (TPSA) is 164 Å². The van der Waals surface area contributed by atoms with E-state index < -0.39 is 0 Å². The summed E-state index contributed by atoms with van der Waals surface area (Å²) in [5.74, 6) is 0. The van der Waals surface area contributed by atoms with Crippen LogP contribution in [-0.4, -0.2) is 53.1 Å². The summed E-state index contributed by atoms with van der Waals surface area (Å²) >= 11 is 16.5. The van der Waals surface area contributed by atoms with Gasteiger partial charge in [-0.1, -0.05) is 29.0 Å². The maximum atomic E-state index is 11.9. The summed E-state index contributed by atoms with van der Waals surface area (Å²) in [5.41, 5.74) is 4.14. The van der Waals surface area contributed by atoms with Gasteiger partial charge in [0.25, 0.3) is 5.56 Å². The number of thiazole rings is 1. The first kappa shape index (κ1) is 33.2. The van der Waals surface area contributed by atoms with E-state index in [1.165, 1.54) is 23.6 Å². The number of aromatic amines is 1. The number of halogens is 4. The normalized spacial score (nSPS) is 10.2. The van der Waals surface area contributed by atoms with Crippen LogP contribution in [0.4, 0.5) is 9.93 Å². The second-order valence-corrected chi connectivity index (χ2v) is 12.3. The number of fused-ring (bicyclic) bond motifs is 1. The van der Waals surface area contributed by atoms with E-state index in [-0.39, 0.29) is 11.6 Å². The van der Waals surface area contributed by atoms with E-state index in [9.17, 15) is 9.59 Å². The average Bonchev–Trinajstić information content (AvgIpc) is 3.40. The first-order chi connectivity index (χ1) is 21.2. The van der Waals surface area contributed by atoms with Crippen molar-refractivity contribution in [3.63, 3.8) is 0 Å². The Hall–Kier alpha value is -3.70. The quantitative estimate of drug-likeness (QED) is 0.168. The fourth-order valence-electron chi connectivity index (χ4n) is 3.44. The number of anilines is 1. The molecule has 5 aromatic heterocycles. The lowest BCUT2D eigenvalue weighted by Crippen LogP contribution is -2.28. The molecule has 3 N–H and O–H groups in total. The van der Waals surface area contributed by atoms with E-state index in [4.69, 9.17) is 11.6 Å². The molecule has 0 saturated carbocycles. The van der Waals surface area contributed by atoms with Gasteiger partial charge in [0.2, 0.25) is 0 Å². The van der Waals surface area contributed by atoms with Gasteiger partial charge in [-0.3, -0.25) is 15.1 Å². The molecule has 0 unspecified atom stereocenters. The zero-order valence-electron chi connectivity index (χ0n) is 22.5. The molecule has 0 bridgehead atoms. The molecular formula is C27H20Br3ClN10O2S. The number of aromatic nitrogens is 8. The largest absolute Gasteiger partial charge is 0.338 e. The van der Waals surface area contributed by atoms with E-state index in [2.05, 4.69) is 105 Å². The summed E-state index contributed by atoms with van der Waals surface area (Å²) in [6.45, 7) is 2.41. The highest BCUT2D eigenvalue weighted by Gasteiger charge is 2.15. The van der Waals surface area contributed by atoms with Crippen molar-refractivity contribution in [2.45, 2.75) is 6.92 Å². The highest BCUT2D eigenvalue weighted by atomic mass is 79.9. The number of carbonyl (C=O) groups excluding carboxylic acids is 1. The number of rotatable bonds is 4. The molecule has 0 aliphatic rings. The van der Waals surface area contributed by atoms with Crippen LogP contribution in [0.15, 0.2) is 91.8 Å². The van der Waals surface area contributed by atoms with Gasteiger partial charge in [-0.05, 0) is 96.7 Å². The molecule has 17 heteroatoms. The number of carbonyl (C=O) groups is 1. The smallest absolute Gasteiger partial charge is 0.321 e. The van der Waals surface area contributed by atoms with Gasteiger partial charge in [-0.2, -0.15) is 15.3 Å². The molecular weight excluding hydrogens is 804 g/mol. The van der Waals surface area contributed by atoms with Gasteiger partial charge in [0, 0.05) is 34.4 Å². The lowest BCUT2D eigenvalue weighted by molar-refractivity contribution is 0.252. The van der Waals surface area contributed by atoms with Crippen molar-refractivity contribution in [2.75, 3.05) is 11.9 Å². The molecule has 0 radical (unpaired) electrons. The molecule has 0 spiro atoms. The zero-order valence-corrected chi connectivity index (χ0v) is 28.8. The molecule has 12 nitrogen and oxygen atoms in total. The Morgan fingerprint density at radius 1 is 0.977 bits per heavy atom. The summed E-state index contributed by atoms with van der Waals surface area (Å²) < 4.78 is 3.28. The van der Waals surface area contributed by atoms with E-state index in [1.54, 1.807) is 18.6 Å². The Labute approximate surface area is 284 Å². The zero-order chi connectivity index (χ0) is 31.5. The molecule has 6 rings (SSSR count). The molecule has 6 aromatic rings. The fourth-order valence-corrected chi connectivity index (χ4v) is 5.84. The number of H-pyrrole nitrogens is 1. The second kappa shape index (κ2) is 16.4. The molecule has 1 aromatic carbocycles. The molecule has 0 aliphatic heterocycles. The van der Waals surface area contributed by atoms with Gasteiger partial charge < -0.3 is 5.32 Å². The van der Waals surface area contributed by atoms with Crippen molar-refractivity contribution in [2.24, 2.45) is 0 Å². The van der Waals surface area contributed by atoms with Crippen molar-refractivity contribution >= 4 is 92.1 Å². The molecule has 2 amide bonds. The van der Waals surface area contributed by atoms with Gasteiger partial charge in [-0.15, -0.1) is 10.2 Å². The van der Waals surface area contributed by atoms with Crippen molar-refractivity contribution < 1.29 is 4.79 Å². The molecule has 224 valence electrons. The van der Waals surface area contributed by atoms with Crippen LogP contribution in [0.3, 0.4) is 0 Å². The van der Waals surface area contributed by atoms with Crippen LogP contribution >= 0.6 is 70.7 Å². The molecule has 0 aliphatic carbocycles. The van der Waals surface area contributed by atoms with E-state index in [0.717, 1.165) is 41.7 Å². The Balaban J connectivity index is 0.000000224. The molecule has 5 heterocycles. The summed E-state index contributed by atoms with van der Waals surface area (Å²) in [4.78, 5) is 31.3. The molecule has 0 fully saturated rings. The Morgan fingerprint density at radius 2 is 1.75 bits per heavy atom. The second-order valence-electron chi connectivity index (χ2n) is 8.32. The Morgan fingerprint density at radius 3 is 2.34 bits per heavy atom. The average molecular weight is 824 g/mol. The van der Waals surface area contributed by atoms with Crippen LogP contribution in [0.1, 0.15) is 6.92 Å². The number of hydrogen-bond donors (Lipinski definition) is 3. The molecule has 0 atom stereocenters. The highest BCUT2D eigenvalue weighted by Crippen LogP contribution is 2.38. The summed E-state index contributed by atoms with van der Waals surface area (Å²) in [6, 6.07) is 14.5. The SMILES string of the molecule is Brc1cnnc(Br)c1.CCNC(=O)Nc1nc2cc(-c3cnnc(Br)c3)cc(-c3ccccn3)c2s1.O=c1cc(Cl)cn[nH]1. The third-order valence-electron chi connectivity index (χ3n) is 5.17. The van der Waals surface area contributed by atoms with Gasteiger partial charge in [-0.25, -0.2) is 14.9 Å². The number of amides is 2. The van der Waals surface area contributed by atoms with Gasteiger partial charge in [0.05, 0.1) is 39.5 Å². The lowest BCUT2D eigenvalue weighted by Gasteiger charge is -2.07. The van der Waals surface area contributed by atoms with Crippen LogP contribution in [0.5, 0.6) is 0 Å². The number of pyridine rings is 1.